The molecule has 3 aromatic rings. The van der Waals surface area contributed by atoms with Gasteiger partial charge >= 0.3 is 6.09 Å². The van der Waals surface area contributed by atoms with Crippen LogP contribution in [-0.2, 0) is 4.74 Å². The van der Waals surface area contributed by atoms with Crippen LogP contribution in [0.1, 0.15) is 28.7 Å². The van der Waals surface area contributed by atoms with E-state index < -0.39 is 0 Å². The molecule has 0 spiro atoms. The second kappa shape index (κ2) is 10.7. The molecule has 8 heteroatoms. The monoisotopic (exact) mass is 535 g/mol. The summed E-state index contributed by atoms with van der Waals surface area (Å²) in [4.78, 5) is 19.2. The van der Waals surface area contributed by atoms with Gasteiger partial charge in [-0.15, -0.1) is 24.8 Å². The number of ether oxygens (including phenoxy) is 1. The first kappa shape index (κ1) is 24.5. The van der Waals surface area contributed by atoms with Gasteiger partial charge in [0.05, 0.1) is 6.04 Å². The fourth-order valence-corrected chi connectivity index (χ4v) is 4.89. The van der Waals surface area contributed by atoms with Crippen LogP contribution in [-0.4, -0.2) is 42.2 Å². The molecule has 2 aliphatic rings. The number of benzene rings is 2. The Morgan fingerprint density at radius 2 is 1.72 bits per heavy atom. The Morgan fingerprint density at radius 1 is 1.06 bits per heavy atom. The SMILES string of the molecule is Cl.Cl.O=C(OCC1c2ccccc2-c2ccccc21)N1CCNCC1c1cncc(Br)c1. The summed E-state index contributed by atoms with van der Waals surface area (Å²) in [6.45, 7) is 2.37. The van der Waals surface area contributed by atoms with Crippen molar-refractivity contribution in [3.05, 3.63) is 88.2 Å². The fourth-order valence-electron chi connectivity index (χ4n) is 4.51. The Kier molecular flexibility index (Phi) is 8.17. The van der Waals surface area contributed by atoms with Gasteiger partial charge in [0.1, 0.15) is 6.61 Å². The number of hydrogen-bond acceptors (Lipinski definition) is 4. The van der Waals surface area contributed by atoms with E-state index in [0.717, 1.165) is 16.6 Å². The van der Waals surface area contributed by atoms with Crippen LogP contribution in [0.2, 0.25) is 0 Å². The van der Waals surface area contributed by atoms with Crippen LogP contribution in [0.4, 0.5) is 4.79 Å². The van der Waals surface area contributed by atoms with Crippen molar-refractivity contribution in [3.63, 3.8) is 0 Å². The largest absolute Gasteiger partial charge is 0.448 e. The van der Waals surface area contributed by atoms with E-state index in [1.165, 1.54) is 22.3 Å². The number of nitrogens with one attached hydrogen (secondary N) is 1. The summed E-state index contributed by atoms with van der Waals surface area (Å²) in [5.74, 6) is 0.0650. The van der Waals surface area contributed by atoms with Crippen molar-refractivity contribution in [2.24, 2.45) is 0 Å². The molecular formula is C24H24BrCl2N3O2. The van der Waals surface area contributed by atoms with Crippen LogP contribution in [0.15, 0.2) is 71.5 Å². The summed E-state index contributed by atoms with van der Waals surface area (Å²) in [7, 11) is 0. The number of fused-ring (bicyclic) bond motifs is 3. The lowest BCUT2D eigenvalue weighted by atomic mass is 9.98. The van der Waals surface area contributed by atoms with Crippen molar-refractivity contribution in [2.75, 3.05) is 26.2 Å². The third-order valence-electron chi connectivity index (χ3n) is 5.92. The summed E-state index contributed by atoms with van der Waals surface area (Å²) >= 11 is 3.47. The fraction of sp³-hybridized carbons (Fsp3) is 0.250. The summed E-state index contributed by atoms with van der Waals surface area (Å²) in [6.07, 6.45) is 3.28. The second-order valence-corrected chi connectivity index (χ2v) is 8.57. The number of nitrogens with zero attached hydrogens (tertiary/aromatic N) is 2. The molecule has 0 bridgehead atoms. The number of rotatable bonds is 3. The Morgan fingerprint density at radius 3 is 2.38 bits per heavy atom. The van der Waals surface area contributed by atoms with Gasteiger partial charge in [-0.3, -0.25) is 9.88 Å². The zero-order valence-corrected chi connectivity index (χ0v) is 20.5. The lowest BCUT2D eigenvalue weighted by Gasteiger charge is -2.35. The predicted octanol–water partition coefficient (Wildman–Crippen LogP) is 5.58. The van der Waals surface area contributed by atoms with Crippen LogP contribution < -0.4 is 5.32 Å². The van der Waals surface area contributed by atoms with E-state index in [2.05, 4.69) is 62.6 Å². The van der Waals surface area contributed by atoms with E-state index in [0.29, 0.717) is 19.7 Å². The predicted molar refractivity (Wildman–Crippen MR) is 134 cm³/mol. The highest BCUT2D eigenvalue weighted by atomic mass is 79.9. The first-order chi connectivity index (χ1) is 14.7. The molecule has 168 valence electrons. The normalized spacial score (nSPS) is 16.9. The molecule has 5 nitrogen and oxygen atoms in total. The highest BCUT2D eigenvalue weighted by Crippen LogP contribution is 2.44. The Bertz CT molecular complexity index is 1050. The topological polar surface area (TPSA) is 54.5 Å². The van der Waals surface area contributed by atoms with Crippen LogP contribution in [0.5, 0.6) is 0 Å². The van der Waals surface area contributed by atoms with E-state index in [-0.39, 0.29) is 42.9 Å². The molecule has 1 fully saturated rings. The number of amides is 1. The summed E-state index contributed by atoms with van der Waals surface area (Å²) in [6, 6.07) is 18.7. The van der Waals surface area contributed by atoms with Gasteiger partial charge in [0, 0.05) is 42.4 Å². The highest BCUT2D eigenvalue weighted by Gasteiger charge is 2.32. The van der Waals surface area contributed by atoms with Gasteiger partial charge in [-0.25, -0.2) is 4.79 Å². The van der Waals surface area contributed by atoms with Gasteiger partial charge < -0.3 is 10.1 Å². The van der Waals surface area contributed by atoms with Gasteiger partial charge in [0.2, 0.25) is 0 Å². The Balaban J connectivity index is 0.00000144. The molecule has 5 rings (SSSR count). The number of aromatic nitrogens is 1. The Hall–Kier alpha value is -2.12. The zero-order chi connectivity index (χ0) is 20.5. The van der Waals surface area contributed by atoms with Crippen molar-refractivity contribution in [3.8, 4) is 11.1 Å². The third kappa shape index (κ3) is 4.64. The van der Waals surface area contributed by atoms with Crippen LogP contribution >= 0.6 is 40.7 Å². The van der Waals surface area contributed by atoms with Gasteiger partial charge in [-0.2, -0.15) is 0 Å². The van der Waals surface area contributed by atoms with Crippen molar-refractivity contribution >= 4 is 46.8 Å². The minimum absolute atomic E-state index is 0. The number of pyridine rings is 1. The van der Waals surface area contributed by atoms with E-state index in [9.17, 15) is 4.79 Å². The number of hydrogen-bond donors (Lipinski definition) is 1. The average molecular weight is 537 g/mol. The van der Waals surface area contributed by atoms with E-state index in [1.807, 2.05) is 29.3 Å². The molecule has 2 aromatic carbocycles. The molecule has 32 heavy (non-hydrogen) atoms. The van der Waals surface area contributed by atoms with E-state index >= 15 is 0 Å². The van der Waals surface area contributed by atoms with Crippen molar-refractivity contribution < 1.29 is 9.53 Å². The molecule has 1 unspecified atom stereocenters. The molecule has 1 N–H and O–H groups in total. The van der Waals surface area contributed by atoms with E-state index in [1.54, 1.807) is 6.20 Å². The summed E-state index contributed by atoms with van der Waals surface area (Å²) in [5.41, 5.74) is 5.90. The van der Waals surface area contributed by atoms with Crippen molar-refractivity contribution in [2.45, 2.75) is 12.0 Å². The standard InChI is InChI=1S/C24H22BrN3O2.2ClH/c25-17-11-16(12-27-13-17)23-14-26-9-10-28(23)24(29)30-15-22-20-7-3-1-5-18(20)19-6-2-4-8-21(19)22;;/h1-8,11-13,22-23,26H,9-10,14-15H2;2*1H. The minimum Gasteiger partial charge on any atom is -0.448 e. The van der Waals surface area contributed by atoms with Gasteiger partial charge in [0.25, 0.3) is 0 Å². The molecule has 0 radical (unpaired) electrons. The van der Waals surface area contributed by atoms with Crippen LogP contribution in [0.25, 0.3) is 11.1 Å². The molecular weight excluding hydrogens is 513 g/mol. The summed E-state index contributed by atoms with van der Waals surface area (Å²) in [5, 5.41) is 3.37. The number of halogens is 3. The highest BCUT2D eigenvalue weighted by molar-refractivity contribution is 9.10. The second-order valence-electron chi connectivity index (χ2n) is 7.65. The number of carbonyl (C=O) groups excluding carboxylic acids is 1. The minimum atomic E-state index is -0.275. The van der Waals surface area contributed by atoms with Gasteiger partial charge in [-0.05, 0) is 49.8 Å². The smallest absolute Gasteiger partial charge is 0.410 e. The maximum absolute atomic E-state index is 13.1. The first-order valence-electron chi connectivity index (χ1n) is 10.1. The average Bonchev–Trinajstić information content (AvgIpc) is 3.11. The lowest BCUT2D eigenvalue weighted by molar-refractivity contribution is 0.0752. The molecule has 1 aliphatic carbocycles. The summed E-state index contributed by atoms with van der Waals surface area (Å²) < 4.78 is 6.79. The third-order valence-corrected chi connectivity index (χ3v) is 6.36. The van der Waals surface area contributed by atoms with Crippen molar-refractivity contribution in [1.29, 1.82) is 0 Å². The molecule has 1 atom stereocenters. The molecule has 1 saturated heterocycles. The lowest BCUT2D eigenvalue weighted by Crippen LogP contribution is -2.49. The molecule has 2 heterocycles. The van der Waals surface area contributed by atoms with Gasteiger partial charge in [-0.1, -0.05) is 48.5 Å². The molecule has 1 amide bonds. The molecule has 1 aromatic heterocycles. The maximum Gasteiger partial charge on any atom is 0.410 e. The van der Waals surface area contributed by atoms with Gasteiger partial charge in [0.15, 0.2) is 0 Å². The van der Waals surface area contributed by atoms with Crippen molar-refractivity contribution in [1.82, 2.24) is 15.2 Å². The van der Waals surface area contributed by atoms with Crippen LogP contribution in [0.3, 0.4) is 0 Å². The van der Waals surface area contributed by atoms with E-state index in [4.69, 9.17) is 4.74 Å². The maximum atomic E-state index is 13.1. The molecule has 1 aliphatic heterocycles. The Labute approximate surface area is 208 Å². The first-order valence-corrected chi connectivity index (χ1v) is 10.9. The van der Waals surface area contributed by atoms with Crippen LogP contribution in [0, 0.1) is 0 Å². The number of piperazine rings is 1. The number of carbonyl (C=O) groups is 1. The quantitative estimate of drug-likeness (QED) is 0.474. The zero-order valence-electron chi connectivity index (χ0n) is 17.2. The molecule has 0 saturated carbocycles.